The van der Waals surface area contributed by atoms with E-state index >= 15 is 0 Å². The third-order valence-electron chi connectivity index (χ3n) is 16.0. The van der Waals surface area contributed by atoms with E-state index in [2.05, 4.69) is 59.5 Å². The fourth-order valence-electron chi connectivity index (χ4n) is 13.3. The third kappa shape index (κ3) is 5.36. The molecule has 9 unspecified atom stereocenters. The first-order chi connectivity index (χ1) is 22.9. The number of hydrogen-bond donors (Lipinski definition) is 2. The zero-order chi connectivity index (χ0) is 35.7. The first-order valence-electron chi connectivity index (χ1n) is 19.1. The topological polar surface area (TPSA) is 86.7 Å². The Morgan fingerprint density at radius 2 is 1.59 bits per heavy atom. The number of allylic oxidation sites excluding steroid dienone is 3. The molecule has 9 atom stereocenters. The van der Waals surface area contributed by atoms with Gasteiger partial charge in [-0.15, -0.1) is 0 Å². The van der Waals surface area contributed by atoms with E-state index in [1.807, 2.05) is 19.2 Å². The lowest BCUT2D eigenvalue weighted by molar-refractivity contribution is -0.225. The normalized spacial score (nSPS) is 38.9. The summed E-state index contributed by atoms with van der Waals surface area (Å²) in [6, 6.07) is 7.52. The molecule has 2 amide bonds. The minimum atomic E-state index is -0.881. The summed E-state index contributed by atoms with van der Waals surface area (Å²) in [5.74, 6) is 1.79. The Morgan fingerprint density at radius 1 is 0.898 bits per heavy atom. The second kappa shape index (κ2) is 12.4. The molecule has 0 aliphatic heterocycles. The van der Waals surface area contributed by atoms with E-state index in [9.17, 15) is 19.5 Å². The van der Waals surface area contributed by atoms with Gasteiger partial charge in [0.25, 0.3) is 0 Å². The Morgan fingerprint density at radius 3 is 2.22 bits per heavy atom. The summed E-state index contributed by atoms with van der Waals surface area (Å²) < 4.78 is 0. The average Bonchev–Trinajstić information content (AvgIpc) is 3.44. The summed E-state index contributed by atoms with van der Waals surface area (Å²) in [4.78, 5) is 39.3. The summed E-state index contributed by atoms with van der Waals surface area (Å²) >= 11 is 0. The number of aromatic carboxylic acids is 1. The minimum Gasteiger partial charge on any atom is -0.478 e. The molecule has 0 bridgehead atoms. The smallest absolute Gasteiger partial charge is 0.335 e. The number of carboxylic acids is 1. The lowest BCUT2D eigenvalue weighted by Gasteiger charge is -2.72. The highest BCUT2D eigenvalue weighted by atomic mass is 16.4. The number of benzene rings is 1. The van der Waals surface area contributed by atoms with Crippen LogP contribution in [0.3, 0.4) is 0 Å². The van der Waals surface area contributed by atoms with Gasteiger partial charge in [-0.1, -0.05) is 65.0 Å². The molecule has 6 heteroatoms. The van der Waals surface area contributed by atoms with Crippen LogP contribution in [0.4, 0.5) is 0 Å². The number of carboxylic acid groups (broad SMARTS) is 1. The van der Waals surface area contributed by atoms with E-state index in [4.69, 9.17) is 0 Å². The zero-order valence-corrected chi connectivity index (χ0v) is 31.6. The molecule has 2 N–H and O–H groups in total. The third-order valence-corrected chi connectivity index (χ3v) is 16.0. The van der Waals surface area contributed by atoms with Crippen molar-refractivity contribution in [2.24, 2.45) is 56.7 Å². The van der Waals surface area contributed by atoms with Crippen molar-refractivity contribution in [3.63, 3.8) is 0 Å². The van der Waals surface area contributed by atoms with Crippen LogP contribution in [0.1, 0.15) is 129 Å². The maximum absolute atomic E-state index is 14.3. The molecule has 0 heterocycles. The predicted molar refractivity (Wildman–Crippen MR) is 197 cm³/mol. The van der Waals surface area contributed by atoms with Gasteiger partial charge in [-0.2, -0.15) is 0 Å². The van der Waals surface area contributed by atoms with E-state index in [1.54, 1.807) is 24.0 Å². The second-order valence-corrected chi connectivity index (χ2v) is 18.3. The Bertz CT molecular complexity index is 1540. The molecule has 49 heavy (non-hydrogen) atoms. The SMILES string of the molecule is C=C(C)C1CCC2(C(=O)NCCCN(C)C(C)=O)CCC3(C)C(CCC4C5(C)CC=C(c6ccc(C(=O)O)cc6)C(C)(C)C5CCC43C)C12. The molecule has 1 aromatic carbocycles. The number of nitrogens with zero attached hydrogens (tertiary/aromatic N) is 1. The highest BCUT2D eigenvalue weighted by Crippen LogP contribution is 2.77. The molecule has 4 fully saturated rings. The van der Waals surface area contributed by atoms with Crippen molar-refractivity contribution in [1.29, 1.82) is 0 Å². The maximum Gasteiger partial charge on any atom is 0.335 e. The van der Waals surface area contributed by atoms with E-state index in [0.29, 0.717) is 48.2 Å². The number of carbonyl (C=O) groups is 3. The monoisotopic (exact) mass is 670 g/mol. The summed E-state index contributed by atoms with van der Waals surface area (Å²) in [5.41, 5.74) is 4.28. The van der Waals surface area contributed by atoms with E-state index < -0.39 is 5.97 Å². The molecular formula is C43H62N2O4. The Hall–Kier alpha value is -2.89. The molecule has 1 aromatic rings. The lowest BCUT2D eigenvalue weighted by Crippen LogP contribution is -2.66. The first-order valence-corrected chi connectivity index (χ1v) is 19.1. The molecule has 268 valence electrons. The first kappa shape index (κ1) is 35.9. The Kier molecular flexibility index (Phi) is 9.09. The van der Waals surface area contributed by atoms with Crippen LogP contribution in [0.2, 0.25) is 0 Å². The van der Waals surface area contributed by atoms with Crippen LogP contribution in [0, 0.1) is 56.7 Å². The molecule has 0 spiro atoms. The van der Waals surface area contributed by atoms with Crippen LogP contribution >= 0.6 is 0 Å². The van der Waals surface area contributed by atoms with Gasteiger partial charge in [0.2, 0.25) is 11.8 Å². The summed E-state index contributed by atoms with van der Waals surface area (Å²) in [6.07, 6.45) is 13.2. The second-order valence-electron chi connectivity index (χ2n) is 18.3. The maximum atomic E-state index is 14.3. The standard InChI is InChI=1S/C43H62N2O4/c1-27(2)31-17-22-43(38(49)44-25-10-26-45(9)28(3)46)24-23-41(7)33(36(31)43)15-16-35-40(6)20-18-32(29-11-13-30(14-12-29)37(47)48)39(4,5)34(40)19-21-42(35,41)8/h11-14,18,31,33-36H,1,10,15-17,19-26H2,2-9H3,(H,44,49)(H,47,48). The Labute approximate surface area is 295 Å². The van der Waals surface area contributed by atoms with Gasteiger partial charge >= 0.3 is 5.97 Å². The average molecular weight is 671 g/mol. The van der Waals surface area contributed by atoms with Gasteiger partial charge in [-0.25, -0.2) is 4.79 Å². The highest BCUT2D eigenvalue weighted by molar-refractivity contribution is 5.88. The fraction of sp³-hybridized carbons (Fsp3) is 0.698. The molecule has 0 aromatic heterocycles. The molecule has 0 saturated heterocycles. The molecule has 4 saturated carbocycles. The summed E-state index contributed by atoms with van der Waals surface area (Å²) in [6.45, 7) is 22.3. The van der Waals surface area contributed by atoms with Crippen LogP contribution in [0.25, 0.3) is 5.57 Å². The van der Waals surface area contributed by atoms with Crippen LogP contribution in [-0.4, -0.2) is 47.9 Å². The van der Waals surface area contributed by atoms with Crippen LogP contribution in [0.5, 0.6) is 0 Å². The van der Waals surface area contributed by atoms with Crippen LogP contribution in [-0.2, 0) is 9.59 Å². The van der Waals surface area contributed by atoms with Gasteiger partial charge in [-0.05, 0) is 146 Å². The fourth-order valence-corrected chi connectivity index (χ4v) is 13.3. The number of fused-ring (bicyclic) bond motifs is 7. The number of amides is 2. The van der Waals surface area contributed by atoms with Gasteiger partial charge in [0.15, 0.2) is 0 Å². The number of carbonyl (C=O) groups excluding carboxylic acids is 2. The van der Waals surface area contributed by atoms with Gasteiger partial charge in [0.05, 0.1) is 11.0 Å². The lowest BCUT2D eigenvalue weighted by atomic mass is 9.32. The van der Waals surface area contributed by atoms with E-state index in [1.165, 1.54) is 36.8 Å². The van der Waals surface area contributed by atoms with Crippen molar-refractivity contribution in [2.75, 3.05) is 20.1 Å². The van der Waals surface area contributed by atoms with Gasteiger partial charge < -0.3 is 15.3 Å². The summed E-state index contributed by atoms with van der Waals surface area (Å²) in [5, 5.41) is 12.9. The minimum absolute atomic E-state index is 0.0215. The van der Waals surface area contributed by atoms with Gasteiger partial charge in [0.1, 0.15) is 0 Å². The van der Waals surface area contributed by atoms with Crippen molar-refractivity contribution in [2.45, 2.75) is 113 Å². The van der Waals surface area contributed by atoms with Crippen molar-refractivity contribution in [3.05, 3.63) is 53.6 Å². The van der Waals surface area contributed by atoms with Gasteiger partial charge in [-0.3, -0.25) is 9.59 Å². The quantitative estimate of drug-likeness (QED) is 0.214. The summed E-state index contributed by atoms with van der Waals surface area (Å²) in [7, 11) is 1.82. The number of rotatable bonds is 8. The number of hydrogen-bond acceptors (Lipinski definition) is 3. The Balaban J connectivity index is 1.28. The molecule has 5 aliphatic rings. The molecule has 6 rings (SSSR count). The molecular weight excluding hydrogens is 608 g/mol. The van der Waals surface area contributed by atoms with Gasteiger partial charge in [0, 0.05) is 27.1 Å². The molecule has 6 nitrogen and oxygen atoms in total. The van der Waals surface area contributed by atoms with Crippen LogP contribution in [0.15, 0.2) is 42.5 Å². The number of nitrogens with one attached hydrogen (secondary N) is 1. The van der Waals surface area contributed by atoms with E-state index in [-0.39, 0.29) is 38.9 Å². The predicted octanol–water partition coefficient (Wildman–Crippen LogP) is 9.02. The van der Waals surface area contributed by atoms with E-state index in [0.717, 1.165) is 44.1 Å². The van der Waals surface area contributed by atoms with Crippen molar-refractivity contribution < 1.29 is 19.5 Å². The molecule has 0 radical (unpaired) electrons. The van der Waals surface area contributed by atoms with Crippen LogP contribution < -0.4 is 5.32 Å². The largest absolute Gasteiger partial charge is 0.478 e. The highest BCUT2D eigenvalue weighted by Gasteiger charge is 2.71. The zero-order valence-electron chi connectivity index (χ0n) is 31.6. The van der Waals surface area contributed by atoms with Crippen molar-refractivity contribution in [1.82, 2.24) is 10.2 Å². The van der Waals surface area contributed by atoms with Crippen molar-refractivity contribution >= 4 is 23.4 Å². The molecule has 5 aliphatic carbocycles. The van der Waals surface area contributed by atoms with Crippen molar-refractivity contribution in [3.8, 4) is 0 Å².